The van der Waals surface area contributed by atoms with Crippen LogP contribution in [0, 0.1) is 16.0 Å². The lowest BCUT2D eigenvalue weighted by Gasteiger charge is -2.33. The lowest BCUT2D eigenvalue weighted by molar-refractivity contribution is -0.385. The Balaban J connectivity index is 1.72. The summed E-state index contributed by atoms with van der Waals surface area (Å²) in [6.07, 6.45) is 1.61. The van der Waals surface area contributed by atoms with Gasteiger partial charge in [-0.2, -0.15) is 0 Å². The quantitative estimate of drug-likeness (QED) is 0.608. The van der Waals surface area contributed by atoms with Gasteiger partial charge in [-0.1, -0.05) is 0 Å². The van der Waals surface area contributed by atoms with Gasteiger partial charge in [-0.15, -0.1) is 0 Å². The summed E-state index contributed by atoms with van der Waals surface area (Å²) in [6.45, 7) is 2.64. The van der Waals surface area contributed by atoms with Gasteiger partial charge in [-0.3, -0.25) is 19.8 Å². The summed E-state index contributed by atoms with van der Waals surface area (Å²) in [5, 5.41) is 11.2. The Bertz CT molecular complexity index is 668. The highest BCUT2D eigenvalue weighted by Crippen LogP contribution is 2.34. The fourth-order valence-corrected chi connectivity index (χ4v) is 3.45. The van der Waals surface area contributed by atoms with E-state index >= 15 is 0 Å². The van der Waals surface area contributed by atoms with E-state index in [0.717, 1.165) is 31.5 Å². The first-order valence-electron chi connectivity index (χ1n) is 8.40. The Morgan fingerprint density at radius 3 is 2.72 bits per heavy atom. The molecule has 1 aromatic carbocycles. The molecule has 2 aliphatic heterocycles. The van der Waals surface area contributed by atoms with Gasteiger partial charge in [0.15, 0.2) is 6.79 Å². The highest BCUT2D eigenvalue weighted by Gasteiger charge is 2.28. The standard InChI is InChI=1S/C17H23N3O5/c1-18(2)17(21)12-3-5-19(6-4-12)9-13-7-15(20(22)23)8-14-10-24-11-25-16(13)14/h7-8,12H,3-6,9-11H2,1-2H3. The molecule has 8 nitrogen and oxygen atoms in total. The van der Waals surface area contributed by atoms with Gasteiger partial charge in [0.05, 0.1) is 11.5 Å². The minimum atomic E-state index is -0.389. The number of hydrogen-bond acceptors (Lipinski definition) is 6. The smallest absolute Gasteiger partial charge is 0.270 e. The molecule has 1 aromatic rings. The van der Waals surface area contributed by atoms with Crippen molar-refractivity contribution in [3.63, 3.8) is 0 Å². The van der Waals surface area contributed by atoms with E-state index in [-0.39, 0.29) is 29.2 Å². The third-order valence-corrected chi connectivity index (χ3v) is 4.75. The number of nitro benzene ring substituents is 1. The zero-order chi connectivity index (χ0) is 18.0. The maximum atomic E-state index is 12.1. The highest BCUT2D eigenvalue weighted by molar-refractivity contribution is 5.78. The Morgan fingerprint density at radius 2 is 2.08 bits per heavy atom. The SMILES string of the molecule is CN(C)C(=O)C1CCN(Cc2cc([N+](=O)[O-])cc3c2OCOC3)CC1. The van der Waals surface area contributed by atoms with E-state index in [1.165, 1.54) is 6.07 Å². The van der Waals surface area contributed by atoms with E-state index in [4.69, 9.17) is 9.47 Å². The first-order chi connectivity index (χ1) is 12.0. The first-order valence-corrected chi connectivity index (χ1v) is 8.40. The number of rotatable bonds is 4. The van der Waals surface area contributed by atoms with Crippen molar-refractivity contribution in [2.75, 3.05) is 34.0 Å². The Kier molecular flexibility index (Phi) is 5.19. The molecule has 0 bridgehead atoms. The van der Waals surface area contributed by atoms with Crippen LogP contribution in [-0.2, 0) is 22.7 Å². The molecular weight excluding hydrogens is 326 g/mol. The van der Waals surface area contributed by atoms with E-state index in [1.54, 1.807) is 25.1 Å². The van der Waals surface area contributed by atoms with Gasteiger partial charge in [0.2, 0.25) is 5.91 Å². The number of nitrogens with zero attached hydrogens (tertiary/aromatic N) is 3. The summed E-state index contributed by atoms with van der Waals surface area (Å²) in [4.78, 5) is 26.7. The fourth-order valence-electron chi connectivity index (χ4n) is 3.45. The molecule has 8 heteroatoms. The van der Waals surface area contributed by atoms with Crippen LogP contribution in [0.4, 0.5) is 5.69 Å². The van der Waals surface area contributed by atoms with Gasteiger partial charge in [-0.05, 0) is 25.9 Å². The fraction of sp³-hybridized carbons (Fsp3) is 0.588. The van der Waals surface area contributed by atoms with Crippen molar-refractivity contribution in [1.29, 1.82) is 0 Å². The van der Waals surface area contributed by atoms with Crippen LogP contribution >= 0.6 is 0 Å². The van der Waals surface area contributed by atoms with Crippen LogP contribution in [0.2, 0.25) is 0 Å². The van der Waals surface area contributed by atoms with Crippen LogP contribution in [0.5, 0.6) is 5.75 Å². The number of carbonyl (C=O) groups excluding carboxylic acids is 1. The molecule has 1 fully saturated rings. The second-order valence-electron chi connectivity index (χ2n) is 6.74. The predicted molar refractivity (Wildman–Crippen MR) is 90.1 cm³/mol. The topological polar surface area (TPSA) is 85.2 Å². The summed E-state index contributed by atoms with van der Waals surface area (Å²) < 4.78 is 10.8. The lowest BCUT2D eigenvalue weighted by Crippen LogP contribution is -2.39. The summed E-state index contributed by atoms with van der Waals surface area (Å²) in [5.41, 5.74) is 1.58. The number of non-ortho nitro benzene ring substituents is 1. The van der Waals surface area contributed by atoms with Crippen molar-refractivity contribution in [3.8, 4) is 5.75 Å². The van der Waals surface area contributed by atoms with Crippen LogP contribution < -0.4 is 4.74 Å². The Labute approximate surface area is 146 Å². The Hall–Kier alpha value is -2.19. The molecule has 0 unspecified atom stereocenters. The lowest BCUT2D eigenvalue weighted by atomic mass is 9.95. The maximum absolute atomic E-state index is 12.1. The highest BCUT2D eigenvalue weighted by atomic mass is 16.7. The van der Waals surface area contributed by atoms with Crippen LogP contribution in [-0.4, -0.2) is 54.6 Å². The molecule has 0 atom stereocenters. The van der Waals surface area contributed by atoms with Crippen molar-refractivity contribution < 1.29 is 19.2 Å². The molecule has 0 saturated carbocycles. The third-order valence-electron chi connectivity index (χ3n) is 4.75. The number of ether oxygens (including phenoxy) is 2. The summed E-state index contributed by atoms with van der Waals surface area (Å²) in [7, 11) is 3.56. The minimum absolute atomic E-state index is 0.0560. The van der Waals surface area contributed by atoms with Crippen LogP contribution in [0.15, 0.2) is 12.1 Å². The zero-order valence-corrected chi connectivity index (χ0v) is 14.6. The van der Waals surface area contributed by atoms with Gasteiger partial charge >= 0.3 is 0 Å². The zero-order valence-electron chi connectivity index (χ0n) is 14.6. The number of piperidine rings is 1. The second-order valence-corrected chi connectivity index (χ2v) is 6.74. The van der Waals surface area contributed by atoms with Crippen molar-refractivity contribution in [2.45, 2.75) is 26.0 Å². The Morgan fingerprint density at radius 1 is 1.36 bits per heavy atom. The molecule has 0 spiro atoms. The minimum Gasteiger partial charge on any atom is -0.467 e. The molecule has 0 radical (unpaired) electrons. The van der Waals surface area contributed by atoms with Gasteiger partial charge in [0.1, 0.15) is 5.75 Å². The predicted octanol–water partition coefficient (Wildman–Crippen LogP) is 1.76. The van der Waals surface area contributed by atoms with Gasteiger partial charge < -0.3 is 14.4 Å². The molecule has 0 aliphatic carbocycles. The summed E-state index contributed by atoms with van der Waals surface area (Å²) in [5.74, 6) is 0.936. The molecule has 136 valence electrons. The van der Waals surface area contributed by atoms with E-state index in [0.29, 0.717) is 24.5 Å². The molecule has 0 aromatic heterocycles. The van der Waals surface area contributed by atoms with E-state index in [2.05, 4.69) is 4.90 Å². The third kappa shape index (κ3) is 3.91. The molecule has 0 N–H and O–H groups in total. The van der Waals surface area contributed by atoms with E-state index in [9.17, 15) is 14.9 Å². The molecule has 2 heterocycles. The molecule has 25 heavy (non-hydrogen) atoms. The van der Waals surface area contributed by atoms with Gasteiger partial charge in [0.25, 0.3) is 5.69 Å². The number of benzene rings is 1. The first kappa shape index (κ1) is 17.6. The monoisotopic (exact) mass is 349 g/mol. The number of likely N-dealkylation sites (tertiary alicyclic amines) is 1. The van der Waals surface area contributed by atoms with Crippen LogP contribution in [0.3, 0.4) is 0 Å². The maximum Gasteiger partial charge on any atom is 0.270 e. The van der Waals surface area contributed by atoms with E-state index < -0.39 is 0 Å². The largest absolute Gasteiger partial charge is 0.467 e. The summed E-state index contributed by atoms with van der Waals surface area (Å²) >= 11 is 0. The molecular formula is C17H23N3O5. The van der Waals surface area contributed by atoms with Gasteiger partial charge in [0, 0.05) is 49.8 Å². The van der Waals surface area contributed by atoms with Crippen LogP contribution in [0.1, 0.15) is 24.0 Å². The van der Waals surface area contributed by atoms with Gasteiger partial charge in [-0.25, -0.2) is 0 Å². The summed E-state index contributed by atoms with van der Waals surface area (Å²) in [6, 6.07) is 3.10. The second kappa shape index (κ2) is 7.37. The molecule has 1 amide bonds. The normalized spacial score (nSPS) is 18.3. The average molecular weight is 349 g/mol. The van der Waals surface area contributed by atoms with Crippen molar-refractivity contribution in [3.05, 3.63) is 33.4 Å². The molecule has 1 saturated heterocycles. The number of fused-ring (bicyclic) bond motifs is 1. The number of hydrogen-bond donors (Lipinski definition) is 0. The number of amides is 1. The average Bonchev–Trinajstić information content (AvgIpc) is 2.61. The van der Waals surface area contributed by atoms with Crippen LogP contribution in [0.25, 0.3) is 0 Å². The number of carbonyl (C=O) groups is 1. The van der Waals surface area contributed by atoms with E-state index in [1.807, 2.05) is 0 Å². The van der Waals surface area contributed by atoms with Crippen molar-refractivity contribution in [1.82, 2.24) is 9.80 Å². The molecule has 3 rings (SSSR count). The number of nitro groups is 1. The molecule has 2 aliphatic rings. The van der Waals surface area contributed by atoms with Crippen molar-refractivity contribution in [2.24, 2.45) is 5.92 Å². The van der Waals surface area contributed by atoms with Crippen molar-refractivity contribution >= 4 is 11.6 Å².